The maximum Gasteiger partial charge on any atom is 0.352 e. The Balaban J connectivity index is 2.62. The first kappa shape index (κ1) is 13.1. The molecule has 0 atom stereocenters. The van der Waals surface area contributed by atoms with Crippen molar-refractivity contribution < 1.29 is 9.90 Å². The number of aromatic amines is 1. The van der Waals surface area contributed by atoms with E-state index in [4.69, 9.17) is 5.11 Å². The van der Waals surface area contributed by atoms with Gasteiger partial charge in [0.1, 0.15) is 5.69 Å². The first-order valence-electron chi connectivity index (χ1n) is 6.22. The molecule has 0 saturated heterocycles. The molecule has 2 aromatic rings. The third kappa shape index (κ3) is 2.45. The number of nitrogens with zero attached hydrogens (tertiary/aromatic N) is 1. The second kappa shape index (κ2) is 5.14. The van der Waals surface area contributed by atoms with E-state index in [-0.39, 0.29) is 11.1 Å². The number of carbonyl (C=O) groups is 1. The summed E-state index contributed by atoms with van der Waals surface area (Å²) in [5.74, 6) is -1.13. The van der Waals surface area contributed by atoms with Crippen LogP contribution in [0.5, 0.6) is 0 Å². The molecule has 0 bridgehead atoms. The second-order valence-corrected chi connectivity index (χ2v) is 4.25. The molecular weight excluding hydrogens is 244 g/mol. The van der Waals surface area contributed by atoms with Crippen LogP contribution in [-0.2, 0) is 0 Å². The van der Waals surface area contributed by atoms with Gasteiger partial charge in [0.2, 0.25) is 0 Å². The maximum absolute atomic E-state index is 12.0. The number of rotatable bonds is 4. The van der Waals surface area contributed by atoms with E-state index in [9.17, 15) is 9.59 Å². The van der Waals surface area contributed by atoms with Crippen LogP contribution in [0.3, 0.4) is 0 Å². The summed E-state index contributed by atoms with van der Waals surface area (Å²) in [7, 11) is 0. The number of anilines is 1. The van der Waals surface area contributed by atoms with Gasteiger partial charge in [-0.05, 0) is 32.0 Å². The van der Waals surface area contributed by atoms with Crippen molar-refractivity contribution in [1.82, 2.24) is 4.98 Å². The van der Waals surface area contributed by atoms with Gasteiger partial charge >= 0.3 is 5.97 Å². The highest BCUT2D eigenvalue weighted by atomic mass is 16.4. The number of H-pyrrole nitrogens is 1. The van der Waals surface area contributed by atoms with Crippen molar-refractivity contribution >= 4 is 22.6 Å². The van der Waals surface area contributed by atoms with E-state index >= 15 is 0 Å². The van der Waals surface area contributed by atoms with Gasteiger partial charge in [-0.1, -0.05) is 0 Å². The highest BCUT2D eigenvalue weighted by Crippen LogP contribution is 2.19. The number of aromatic carboxylic acids is 1. The minimum Gasteiger partial charge on any atom is -0.477 e. The Morgan fingerprint density at radius 2 is 1.95 bits per heavy atom. The molecule has 0 saturated carbocycles. The van der Waals surface area contributed by atoms with Gasteiger partial charge in [0.25, 0.3) is 0 Å². The predicted octanol–water partition coefficient (Wildman–Crippen LogP) is 2.07. The monoisotopic (exact) mass is 260 g/mol. The van der Waals surface area contributed by atoms with Gasteiger partial charge in [0, 0.05) is 30.2 Å². The summed E-state index contributed by atoms with van der Waals surface area (Å²) >= 11 is 0. The normalized spacial score (nSPS) is 10.6. The van der Waals surface area contributed by atoms with E-state index in [1.54, 1.807) is 12.1 Å². The molecule has 5 heteroatoms. The molecule has 100 valence electrons. The molecule has 0 amide bonds. The topological polar surface area (TPSA) is 73.4 Å². The van der Waals surface area contributed by atoms with Crippen LogP contribution in [0.25, 0.3) is 10.9 Å². The third-order valence-electron chi connectivity index (χ3n) is 3.17. The number of fused-ring (bicyclic) bond motifs is 1. The molecule has 2 rings (SSSR count). The highest BCUT2D eigenvalue weighted by Gasteiger charge is 2.09. The second-order valence-electron chi connectivity index (χ2n) is 4.25. The molecule has 19 heavy (non-hydrogen) atoms. The average molecular weight is 260 g/mol. The number of nitrogens with one attached hydrogen (secondary N) is 1. The molecule has 1 aromatic heterocycles. The van der Waals surface area contributed by atoms with Crippen LogP contribution in [0.1, 0.15) is 24.3 Å². The lowest BCUT2D eigenvalue weighted by Crippen LogP contribution is -2.22. The van der Waals surface area contributed by atoms with Gasteiger partial charge in [-0.15, -0.1) is 0 Å². The Bertz CT molecular complexity index is 672. The summed E-state index contributed by atoms with van der Waals surface area (Å²) in [6.07, 6.45) is 0. The van der Waals surface area contributed by atoms with Crippen molar-refractivity contribution in [2.24, 2.45) is 0 Å². The summed E-state index contributed by atoms with van der Waals surface area (Å²) < 4.78 is 0. The molecule has 0 aliphatic heterocycles. The Kier molecular flexibility index (Phi) is 3.55. The zero-order valence-corrected chi connectivity index (χ0v) is 10.9. The molecule has 0 aliphatic rings. The molecule has 0 radical (unpaired) electrons. The Hall–Kier alpha value is -2.30. The van der Waals surface area contributed by atoms with Crippen molar-refractivity contribution in [3.8, 4) is 0 Å². The first-order chi connectivity index (χ1) is 9.06. The largest absolute Gasteiger partial charge is 0.477 e. The van der Waals surface area contributed by atoms with Crippen molar-refractivity contribution in [3.05, 3.63) is 40.2 Å². The quantitative estimate of drug-likeness (QED) is 0.882. The SMILES string of the molecule is CCN(CC)c1ccc2[nH]c(C(=O)O)cc(=O)c2c1. The molecule has 0 spiro atoms. The fourth-order valence-corrected chi connectivity index (χ4v) is 2.14. The summed E-state index contributed by atoms with van der Waals surface area (Å²) in [6.45, 7) is 5.80. The molecule has 0 fully saturated rings. The van der Waals surface area contributed by atoms with E-state index in [2.05, 4.69) is 9.88 Å². The first-order valence-corrected chi connectivity index (χ1v) is 6.22. The number of carboxylic acids is 1. The third-order valence-corrected chi connectivity index (χ3v) is 3.17. The number of hydrogen-bond acceptors (Lipinski definition) is 3. The molecule has 5 nitrogen and oxygen atoms in total. The lowest BCUT2D eigenvalue weighted by atomic mass is 10.1. The molecule has 0 unspecified atom stereocenters. The van der Waals surface area contributed by atoms with Gasteiger partial charge in [-0.25, -0.2) is 4.79 Å². The minimum absolute atomic E-state index is 0.0897. The number of pyridine rings is 1. The summed E-state index contributed by atoms with van der Waals surface area (Å²) in [6, 6.07) is 6.55. The van der Waals surface area contributed by atoms with E-state index in [1.807, 2.05) is 19.9 Å². The predicted molar refractivity (Wildman–Crippen MR) is 75.1 cm³/mol. The van der Waals surface area contributed by atoms with Crippen LogP contribution < -0.4 is 10.3 Å². The molecule has 2 N–H and O–H groups in total. The van der Waals surface area contributed by atoms with Gasteiger partial charge < -0.3 is 15.0 Å². The van der Waals surface area contributed by atoms with Crippen LogP contribution >= 0.6 is 0 Å². The van der Waals surface area contributed by atoms with Crippen molar-refractivity contribution in [2.45, 2.75) is 13.8 Å². The summed E-state index contributed by atoms with van der Waals surface area (Å²) in [5, 5.41) is 9.42. The van der Waals surface area contributed by atoms with Gasteiger partial charge in [0.05, 0.1) is 5.52 Å². The fourth-order valence-electron chi connectivity index (χ4n) is 2.14. The van der Waals surface area contributed by atoms with Gasteiger partial charge in [-0.3, -0.25) is 4.79 Å². The molecule has 1 aromatic carbocycles. The van der Waals surface area contributed by atoms with E-state index < -0.39 is 5.97 Å². The molecule has 0 aliphatic carbocycles. The zero-order valence-electron chi connectivity index (χ0n) is 10.9. The van der Waals surface area contributed by atoms with Crippen molar-refractivity contribution in [1.29, 1.82) is 0 Å². The fraction of sp³-hybridized carbons (Fsp3) is 0.286. The van der Waals surface area contributed by atoms with E-state index in [0.717, 1.165) is 24.8 Å². The lowest BCUT2D eigenvalue weighted by molar-refractivity contribution is 0.0691. The highest BCUT2D eigenvalue weighted by molar-refractivity contribution is 5.90. The molecule has 1 heterocycles. The van der Waals surface area contributed by atoms with Crippen LogP contribution in [0.4, 0.5) is 5.69 Å². The van der Waals surface area contributed by atoms with Gasteiger partial charge in [0.15, 0.2) is 5.43 Å². The van der Waals surface area contributed by atoms with E-state index in [0.29, 0.717) is 10.9 Å². The smallest absolute Gasteiger partial charge is 0.352 e. The van der Waals surface area contributed by atoms with Crippen LogP contribution in [0.2, 0.25) is 0 Å². The van der Waals surface area contributed by atoms with Gasteiger partial charge in [-0.2, -0.15) is 0 Å². The zero-order chi connectivity index (χ0) is 14.0. The Morgan fingerprint density at radius 3 is 2.53 bits per heavy atom. The summed E-state index contributed by atoms with van der Waals surface area (Å²) in [5.41, 5.74) is 1.14. The number of hydrogen-bond donors (Lipinski definition) is 2. The Morgan fingerprint density at radius 1 is 1.26 bits per heavy atom. The molecular formula is C14H16N2O3. The van der Waals surface area contributed by atoms with Crippen LogP contribution in [0, 0.1) is 0 Å². The number of benzene rings is 1. The number of carboxylic acid groups (broad SMARTS) is 1. The standard InChI is InChI=1S/C14H16N2O3/c1-3-16(4-2)9-5-6-11-10(7-9)13(17)8-12(15-11)14(18)19/h5-8H,3-4H2,1-2H3,(H,15,17)(H,18,19). The minimum atomic E-state index is -1.13. The van der Waals surface area contributed by atoms with Crippen LogP contribution in [-0.4, -0.2) is 29.1 Å². The van der Waals surface area contributed by atoms with E-state index in [1.165, 1.54) is 0 Å². The summed E-state index contributed by atoms with van der Waals surface area (Å²) in [4.78, 5) is 27.7. The average Bonchev–Trinajstić information content (AvgIpc) is 2.40. The van der Waals surface area contributed by atoms with Crippen LogP contribution in [0.15, 0.2) is 29.1 Å². The maximum atomic E-state index is 12.0. The Labute approximate surface area is 110 Å². The number of aromatic nitrogens is 1. The van der Waals surface area contributed by atoms with Crippen molar-refractivity contribution in [3.63, 3.8) is 0 Å². The van der Waals surface area contributed by atoms with Crippen molar-refractivity contribution in [2.75, 3.05) is 18.0 Å². The lowest BCUT2D eigenvalue weighted by Gasteiger charge is -2.21.